The molecular weight excluding hydrogens is 1340 g/mol. The van der Waals surface area contributed by atoms with E-state index in [0.717, 1.165) is 22.3 Å². The normalized spacial score (nSPS) is 11.3. The summed E-state index contributed by atoms with van der Waals surface area (Å²) in [5.74, 6) is -3.01. The molecule has 0 amide bonds. The van der Waals surface area contributed by atoms with E-state index in [2.05, 4.69) is 37.9 Å². The van der Waals surface area contributed by atoms with Gasteiger partial charge in [0.25, 0.3) is 0 Å². The molecule has 4 aromatic rings. The Balaban J connectivity index is -0.000000150. The number of benzene rings is 4. The summed E-state index contributed by atoms with van der Waals surface area (Å²) >= 11 is 0. The van der Waals surface area contributed by atoms with Crippen molar-refractivity contribution in [2.75, 3.05) is 110 Å². The first kappa shape index (κ1) is 105. The number of ether oxygens (including phenoxy) is 8. The largest absolute Gasteiger partial charge is 3.00 e. The van der Waals surface area contributed by atoms with Gasteiger partial charge in [-0.3, -0.25) is 0 Å². The van der Waals surface area contributed by atoms with Gasteiger partial charge in [-0.15, -0.1) is 46.0 Å². The Morgan fingerprint density at radius 3 is 0.402 bits per heavy atom. The molecule has 0 spiro atoms. The molecule has 522 valence electrons. The maximum absolute atomic E-state index is 11.8. The summed E-state index contributed by atoms with van der Waals surface area (Å²) in [5, 5.41) is 93.7. The van der Waals surface area contributed by atoms with E-state index in [9.17, 15) is 40.9 Å². The van der Waals surface area contributed by atoms with Gasteiger partial charge >= 0.3 is 76.7 Å². The standard InChI is InChI=1S/4C14H22O2.4C4H10O2.2Li.2Ru/c4*1-13(2,3)9-7-10(14(4,5)6)12(16)11(15)8-9;4*1-5-3-4-6-2;;;;/h4*7-8,15-16H,1-6H3;4*3-4H2,1-2H3;;;;/q;;;;;;;;2*+1;2*+3/p-8. The summed E-state index contributed by atoms with van der Waals surface area (Å²) in [6, 6.07) is 13.4. The van der Waals surface area contributed by atoms with E-state index in [-0.39, 0.29) is 143 Å². The summed E-state index contributed by atoms with van der Waals surface area (Å²) in [4.78, 5) is 0. The quantitative estimate of drug-likeness (QED) is 0.136. The molecule has 0 aliphatic carbocycles. The first-order valence-electron chi connectivity index (χ1n) is 29.8. The van der Waals surface area contributed by atoms with Gasteiger partial charge in [0, 0.05) is 56.9 Å². The van der Waals surface area contributed by atoms with Gasteiger partial charge in [-0.25, -0.2) is 0 Å². The van der Waals surface area contributed by atoms with Crippen molar-refractivity contribution in [1.29, 1.82) is 0 Å². The molecule has 2 radical (unpaired) electrons. The van der Waals surface area contributed by atoms with Crippen LogP contribution in [0.1, 0.15) is 211 Å². The molecule has 0 saturated heterocycles. The second kappa shape index (κ2) is 49.0. The van der Waals surface area contributed by atoms with Crippen molar-refractivity contribution in [3.8, 4) is 46.0 Å². The third kappa shape index (κ3) is 44.3. The minimum atomic E-state index is -0.391. The Kier molecular flexibility index (Phi) is 56.2. The summed E-state index contributed by atoms with van der Waals surface area (Å²) < 4.78 is 37.3. The van der Waals surface area contributed by atoms with E-state index in [1.165, 1.54) is 24.3 Å². The average molecular weight is 1460 g/mol. The zero-order chi connectivity index (χ0) is 70.2. The summed E-state index contributed by atoms with van der Waals surface area (Å²) in [6.45, 7) is 53.5. The van der Waals surface area contributed by atoms with Gasteiger partial charge in [-0.2, -0.15) is 0 Å². The van der Waals surface area contributed by atoms with Gasteiger partial charge in [0.1, 0.15) is 0 Å². The van der Waals surface area contributed by atoms with Crippen LogP contribution in [0.25, 0.3) is 0 Å². The van der Waals surface area contributed by atoms with Crippen molar-refractivity contribution in [3.63, 3.8) is 0 Å². The molecule has 0 aliphatic heterocycles. The van der Waals surface area contributed by atoms with Gasteiger partial charge in [-0.1, -0.05) is 237 Å². The minimum Gasteiger partial charge on any atom is -0.873 e. The van der Waals surface area contributed by atoms with E-state index < -0.39 is 23.0 Å². The molecule has 0 saturated carbocycles. The molecule has 0 N–H and O–H groups in total. The average Bonchev–Trinajstić information content (AvgIpc) is 1.41. The predicted molar refractivity (Wildman–Crippen MR) is 346 cm³/mol. The van der Waals surface area contributed by atoms with Gasteiger partial charge < -0.3 is 78.7 Å². The molecule has 16 nitrogen and oxygen atoms in total. The van der Waals surface area contributed by atoms with E-state index in [0.29, 0.717) is 75.1 Å². The molecule has 0 heterocycles. The van der Waals surface area contributed by atoms with E-state index in [1.54, 1.807) is 56.9 Å². The number of hydrogen-bond acceptors (Lipinski definition) is 16. The third-order valence-corrected chi connectivity index (χ3v) is 12.9. The van der Waals surface area contributed by atoms with Crippen LogP contribution < -0.4 is 78.6 Å². The van der Waals surface area contributed by atoms with Crippen molar-refractivity contribution in [2.45, 2.75) is 209 Å². The second-order valence-electron chi connectivity index (χ2n) is 29.3. The molecule has 92 heavy (non-hydrogen) atoms. The first-order valence-corrected chi connectivity index (χ1v) is 29.8. The summed E-state index contributed by atoms with van der Waals surface area (Å²) in [5.41, 5.74) is 4.65. The Labute approximate surface area is 609 Å². The number of hydrogen-bond donors (Lipinski definition) is 0. The Morgan fingerprint density at radius 1 is 0.217 bits per heavy atom. The van der Waals surface area contributed by atoms with Crippen LogP contribution in [0.3, 0.4) is 0 Å². The van der Waals surface area contributed by atoms with Crippen LogP contribution in [0, 0.1) is 0 Å². The van der Waals surface area contributed by atoms with E-state index in [4.69, 9.17) is 0 Å². The van der Waals surface area contributed by atoms with Crippen molar-refractivity contribution in [3.05, 3.63) is 93.0 Å². The molecule has 4 rings (SSSR count). The van der Waals surface area contributed by atoms with E-state index in [1.807, 2.05) is 190 Å². The van der Waals surface area contributed by atoms with E-state index >= 15 is 0 Å². The molecule has 0 unspecified atom stereocenters. The Bertz CT molecular complexity index is 2180. The predicted octanol–water partition coefficient (Wildman–Crippen LogP) is 4.84. The van der Waals surface area contributed by atoms with Crippen molar-refractivity contribution in [2.24, 2.45) is 0 Å². The van der Waals surface area contributed by atoms with Crippen LogP contribution in [0.2, 0.25) is 0 Å². The number of rotatable bonds is 12. The maximum atomic E-state index is 11.8. The van der Waals surface area contributed by atoms with Crippen molar-refractivity contribution in [1.82, 2.24) is 0 Å². The molecule has 20 heteroatoms. The molecule has 0 atom stereocenters. The molecule has 4 aromatic carbocycles. The first-order chi connectivity index (χ1) is 39.8. The minimum absolute atomic E-state index is 0. The molecule has 0 aliphatic rings. The number of methoxy groups -OCH3 is 8. The maximum Gasteiger partial charge on any atom is 3.00 e. The van der Waals surface area contributed by atoms with Crippen molar-refractivity contribution < 1.29 is 155 Å². The van der Waals surface area contributed by atoms with Crippen LogP contribution >= 0.6 is 0 Å². The molecule has 0 fully saturated rings. The van der Waals surface area contributed by atoms with Crippen LogP contribution in [0.5, 0.6) is 46.0 Å². The zero-order valence-electron chi connectivity index (χ0n) is 63.5. The fourth-order valence-corrected chi connectivity index (χ4v) is 7.04. The van der Waals surface area contributed by atoms with Crippen molar-refractivity contribution >= 4 is 0 Å². The molecular formula is C72H120Li2O16Ru2. The zero-order valence-corrected chi connectivity index (χ0v) is 67.0. The Morgan fingerprint density at radius 2 is 0.326 bits per heavy atom. The topological polar surface area (TPSA) is 258 Å². The second-order valence-corrected chi connectivity index (χ2v) is 29.3. The fourth-order valence-electron chi connectivity index (χ4n) is 7.04. The van der Waals surface area contributed by atoms with Gasteiger partial charge in [0.15, 0.2) is 0 Å². The van der Waals surface area contributed by atoms with Crippen LogP contribution in [-0.2, 0) is 120 Å². The third-order valence-electron chi connectivity index (χ3n) is 12.9. The summed E-state index contributed by atoms with van der Waals surface area (Å²) in [6.07, 6.45) is 0. The van der Waals surface area contributed by atoms with Gasteiger partial charge in [0.2, 0.25) is 0 Å². The summed E-state index contributed by atoms with van der Waals surface area (Å²) in [7, 11) is 13.2. The fraction of sp³-hybridized carbons (Fsp3) is 0.667. The van der Waals surface area contributed by atoms with Crippen LogP contribution in [0.15, 0.2) is 48.5 Å². The smallest absolute Gasteiger partial charge is 0.873 e. The molecule has 0 bridgehead atoms. The van der Waals surface area contributed by atoms with Gasteiger partial charge in [-0.05, 0) is 65.6 Å². The molecule has 0 aromatic heterocycles. The Hall–Kier alpha value is -2.60. The van der Waals surface area contributed by atoms with Crippen LogP contribution in [-0.4, -0.2) is 110 Å². The van der Waals surface area contributed by atoms with Gasteiger partial charge in [0.05, 0.1) is 52.9 Å². The SMILES string of the molecule is CC(C)(C)c1cc([O-])c([O-])c(C(C)(C)C)c1.CC(C)(C)c1cc([O-])c([O-])c(C(C)(C)C)c1.CC(C)(C)c1cc([O-])c([O-])c(C(C)(C)C)c1.CC(C)(C)c1cc([O-])c([O-])c(C(C)(C)C)c1.COCCOC.COCCOC.COCCOC.COCCOC.[Li+].[Li+].[Ru+3].[Ru+3]. The van der Waals surface area contributed by atoms with Crippen LogP contribution in [0.4, 0.5) is 0 Å². The monoisotopic (exact) mass is 1460 g/mol.